The molecule has 1 aliphatic rings. The topological polar surface area (TPSA) is 38.3 Å². The van der Waals surface area contributed by atoms with Crippen LogP contribution >= 0.6 is 0 Å². The Kier molecular flexibility index (Phi) is 2.90. The van der Waals surface area contributed by atoms with Crippen molar-refractivity contribution in [2.75, 3.05) is 13.7 Å². The minimum atomic E-state index is -0.0959. The van der Waals surface area contributed by atoms with Gasteiger partial charge in [-0.2, -0.15) is 0 Å². The van der Waals surface area contributed by atoms with E-state index in [1.807, 2.05) is 18.2 Å². The Morgan fingerprint density at radius 3 is 2.87 bits per heavy atom. The van der Waals surface area contributed by atoms with E-state index in [9.17, 15) is 4.79 Å². The van der Waals surface area contributed by atoms with Gasteiger partial charge >= 0.3 is 0 Å². The summed E-state index contributed by atoms with van der Waals surface area (Å²) in [6, 6.07) is 7.34. The predicted molar refractivity (Wildman–Crippen MR) is 58.1 cm³/mol. The van der Waals surface area contributed by atoms with Gasteiger partial charge in [-0.3, -0.25) is 4.79 Å². The second kappa shape index (κ2) is 4.34. The molecule has 1 saturated carbocycles. The second-order valence-electron chi connectivity index (χ2n) is 3.83. The van der Waals surface area contributed by atoms with E-state index in [-0.39, 0.29) is 5.91 Å². The average Bonchev–Trinajstić information content (AvgIpc) is 3.09. The first-order chi connectivity index (χ1) is 7.31. The molecule has 0 atom stereocenters. The maximum absolute atomic E-state index is 11.5. The van der Waals surface area contributed by atoms with E-state index >= 15 is 0 Å². The summed E-state index contributed by atoms with van der Waals surface area (Å²) >= 11 is 0. The number of hydrogen-bond donors (Lipinski definition) is 1. The van der Waals surface area contributed by atoms with Crippen LogP contribution in [0.2, 0.25) is 0 Å². The van der Waals surface area contributed by atoms with Gasteiger partial charge in [0, 0.05) is 7.05 Å². The Morgan fingerprint density at radius 1 is 1.47 bits per heavy atom. The van der Waals surface area contributed by atoms with Crippen molar-refractivity contribution < 1.29 is 9.53 Å². The first-order valence-electron chi connectivity index (χ1n) is 5.25. The molecule has 1 aliphatic carbocycles. The Bertz CT molecular complexity index is 358. The average molecular weight is 205 g/mol. The van der Waals surface area contributed by atoms with Crippen LogP contribution in [0.3, 0.4) is 0 Å². The van der Waals surface area contributed by atoms with E-state index < -0.39 is 0 Å². The van der Waals surface area contributed by atoms with Crippen LogP contribution in [0.25, 0.3) is 0 Å². The normalized spacial score (nSPS) is 14.7. The molecule has 1 fully saturated rings. The van der Waals surface area contributed by atoms with Gasteiger partial charge in [0.05, 0.1) is 12.2 Å². The Hall–Kier alpha value is -1.51. The molecule has 0 radical (unpaired) electrons. The van der Waals surface area contributed by atoms with Crippen molar-refractivity contribution in [1.29, 1.82) is 0 Å². The lowest BCUT2D eigenvalue weighted by Crippen LogP contribution is -2.19. The minimum Gasteiger partial charge on any atom is -0.492 e. The van der Waals surface area contributed by atoms with Gasteiger partial charge in [0.25, 0.3) is 5.91 Å². The summed E-state index contributed by atoms with van der Waals surface area (Å²) in [5.41, 5.74) is 0.612. The van der Waals surface area contributed by atoms with Crippen molar-refractivity contribution in [1.82, 2.24) is 5.32 Å². The van der Waals surface area contributed by atoms with E-state index in [0.29, 0.717) is 17.2 Å². The Balaban J connectivity index is 2.09. The quantitative estimate of drug-likeness (QED) is 0.814. The molecule has 2 rings (SSSR count). The molecule has 0 spiro atoms. The number of hydrogen-bond acceptors (Lipinski definition) is 2. The van der Waals surface area contributed by atoms with E-state index in [4.69, 9.17) is 4.74 Å². The summed E-state index contributed by atoms with van der Waals surface area (Å²) in [4.78, 5) is 11.5. The monoisotopic (exact) mass is 205 g/mol. The third-order valence-electron chi connectivity index (χ3n) is 2.53. The van der Waals surface area contributed by atoms with Crippen molar-refractivity contribution in [3.8, 4) is 5.75 Å². The van der Waals surface area contributed by atoms with Crippen LogP contribution in [-0.4, -0.2) is 19.6 Å². The van der Waals surface area contributed by atoms with Gasteiger partial charge in [-0.15, -0.1) is 0 Å². The molecule has 0 unspecified atom stereocenters. The third-order valence-corrected chi connectivity index (χ3v) is 2.53. The van der Waals surface area contributed by atoms with Crippen LogP contribution < -0.4 is 10.1 Å². The fraction of sp³-hybridized carbons (Fsp3) is 0.417. The maximum Gasteiger partial charge on any atom is 0.254 e. The number of carbonyl (C=O) groups excluding carboxylic acids is 1. The van der Waals surface area contributed by atoms with E-state index in [1.54, 1.807) is 13.1 Å². The standard InChI is InChI=1S/C12H15NO2/c1-13-12(14)10-4-2-3-5-11(10)15-8-9-6-7-9/h2-5,9H,6-8H2,1H3,(H,13,14). The third kappa shape index (κ3) is 2.49. The van der Waals surface area contributed by atoms with E-state index in [2.05, 4.69) is 5.32 Å². The molecule has 80 valence electrons. The van der Waals surface area contributed by atoms with Gasteiger partial charge in [0.15, 0.2) is 0 Å². The predicted octanol–water partition coefficient (Wildman–Crippen LogP) is 1.83. The van der Waals surface area contributed by atoms with Crippen LogP contribution in [0.15, 0.2) is 24.3 Å². The number of carbonyl (C=O) groups is 1. The molecule has 0 heterocycles. The first kappa shape index (κ1) is 10.0. The number of benzene rings is 1. The molecule has 0 saturated heterocycles. The lowest BCUT2D eigenvalue weighted by molar-refractivity contribution is 0.0958. The number of nitrogens with one attached hydrogen (secondary N) is 1. The van der Waals surface area contributed by atoms with Gasteiger partial charge in [-0.25, -0.2) is 0 Å². The lowest BCUT2D eigenvalue weighted by Gasteiger charge is -2.09. The van der Waals surface area contributed by atoms with Crippen molar-refractivity contribution in [3.63, 3.8) is 0 Å². The molecule has 15 heavy (non-hydrogen) atoms. The highest BCUT2D eigenvalue weighted by atomic mass is 16.5. The van der Waals surface area contributed by atoms with Gasteiger partial charge in [-0.05, 0) is 30.9 Å². The van der Waals surface area contributed by atoms with Crippen LogP contribution in [0, 0.1) is 5.92 Å². The van der Waals surface area contributed by atoms with Crippen molar-refractivity contribution >= 4 is 5.91 Å². The number of ether oxygens (including phenoxy) is 1. The molecule has 1 amide bonds. The second-order valence-corrected chi connectivity index (χ2v) is 3.83. The zero-order valence-corrected chi connectivity index (χ0v) is 8.82. The molecule has 1 aromatic carbocycles. The summed E-state index contributed by atoms with van der Waals surface area (Å²) in [6.45, 7) is 0.730. The van der Waals surface area contributed by atoms with Crippen LogP contribution in [0.1, 0.15) is 23.2 Å². The smallest absolute Gasteiger partial charge is 0.254 e. The molecule has 0 aromatic heterocycles. The van der Waals surface area contributed by atoms with Gasteiger partial charge in [-0.1, -0.05) is 12.1 Å². The van der Waals surface area contributed by atoms with Gasteiger partial charge < -0.3 is 10.1 Å². The van der Waals surface area contributed by atoms with Crippen LogP contribution in [0.5, 0.6) is 5.75 Å². The summed E-state index contributed by atoms with van der Waals surface area (Å²) in [5, 5.41) is 2.61. The molecular formula is C12H15NO2. The van der Waals surface area contributed by atoms with E-state index in [1.165, 1.54) is 12.8 Å². The van der Waals surface area contributed by atoms with Crippen molar-refractivity contribution in [2.45, 2.75) is 12.8 Å². The minimum absolute atomic E-state index is 0.0959. The molecule has 3 nitrogen and oxygen atoms in total. The highest BCUT2D eigenvalue weighted by Crippen LogP contribution is 2.30. The zero-order chi connectivity index (χ0) is 10.7. The molecule has 0 aliphatic heterocycles. The van der Waals surface area contributed by atoms with Crippen LogP contribution in [-0.2, 0) is 0 Å². The Morgan fingerprint density at radius 2 is 2.20 bits per heavy atom. The molecule has 1 N–H and O–H groups in total. The lowest BCUT2D eigenvalue weighted by atomic mass is 10.2. The summed E-state index contributed by atoms with van der Waals surface area (Å²) in [5.74, 6) is 1.29. The zero-order valence-electron chi connectivity index (χ0n) is 8.82. The maximum atomic E-state index is 11.5. The highest BCUT2D eigenvalue weighted by molar-refractivity contribution is 5.96. The number of amides is 1. The summed E-state index contributed by atoms with van der Waals surface area (Å²) < 4.78 is 5.62. The Labute approximate surface area is 89.4 Å². The summed E-state index contributed by atoms with van der Waals surface area (Å²) in [7, 11) is 1.63. The van der Waals surface area contributed by atoms with Crippen molar-refractivity contribution in [2.24, 2.45) is 5.92 Å². The largest absolute Gasteiger partial charge is 0.492 e. The van der Waals surface area contributed by atoms with Crippen LogP contribution in [0.4, 0.5) is 0 Å². The van der Waals surface area contributed by atoms with Gasteiger partial charge in [0.1, 0.15) is 5.75 Å². The molecule has 1 aromatic rings. The fourth-order valence-electron chi connectivity index (χ4n) is 1.41. The highest BCUT2D eigenvalue weighted by Gasteiger charge is 2.22. The van der Waals surface area contributed by atoms with Gasteiger partial charge in [0.2, 0.25) is 0 Å². The first-order valence-corrected chi connectivity index (χ1v) is 5.25. The molecule has 0 bridgehead atoms. The molecular weight excluding hydrogens is 190 g/mol. The van der Waals surface area contributed by atoms with Crippen molar-refractivity contribution in [3.05, 3.63) is 29.8 Å². The fourth-order valence-corrected chi connectivity index (χ4v) is 1.41. The summed E-state index contributed by atoms with van der Waals surface area (Å²) in [6.07, 6.45) is 2.50. The number of para-hydroxylation sites is 1. The SMILES string of the molecule is CNC(=O)c1ccccc1OCC1CC1. The molecule has 3 heteroatoms. The number of rotatable bonds is 4. The van der Waals surface area contributed by atoms with E-state index in [0.717, 1.165) is 6.61 Å².